The van der Waals surface area contributed by atoms with Crippen LogP contribution in [0.2, 0.25) is 0 Å². The first-order valence-electron chi connectivity index (χ1n) is 10.1. The van der Waals surface area contributed by atoms with Gasteiger partial charge in [-0.3, -0.25) is 9.78 Å². The third-order valence-corrected chi connectivity index (χ3v) is 5.68. The predicted molar refractivity (Wildman–Crippen MR) is 112 cm³/mol. The average Bonchev–Trinajstić information content (AvgIpc) is 3.18. The van der Waals surface area contributed by atoms with E-state index >= 15 is 4.39 Å². The van der Waals surface area contributed by atoms with E-state index in [1.54, 1.807) is 30.2 Å². The summed E-state index contributed by atoms with van der Waals surface area (Å²) in [4.78, 5) is 19.0. The number of likely N-dealkylation sites (tertiary alicyclic amines) is 1. The van der Waals surface area contributed by atoms with E-state index < -0.39 is 5.67 Å². The van der Waals surface area contributed by atoms with Gasteiger partial charge in [0.25, 0.3) is 5.91 Å². The number of hydrogen-bond donors (Lipinski definition) is 1. The molecule has 1 aromatic carbocycles. The summed E-state index contributed by atoms with van der Waals surface area (Å²) in [6, 6.07) is 9.30. The van der Waals surface area contributed by atoms with Crippen molar-refractivity contribution in [2.75, 3.05) is 26.7 Å². The first-order valence-corrected chi connectivity index (χ1v) is 10.1. The maximum Gasteiger partial charge on any atom is 0.257 e. The predicted octanol–water partition coefficient (Wildman–Crippen LogP) is 3.88. The maximum absolute atomic E-state index is 15.2. The van der Waals surface area contributed by atoms with E-state index in [1.807, 2.05) is 25.3 Å². The molecule has 0 radical (unpaired) electrons. The van der Waals surface area contributed by atoms with Crippen LogP contribution in [-0.2, 0) is 6.54 Å². The lowest BCUT2D eigenvalue weighted by Crippen LogP contribution is -2.48. The number of nitrogens with one attached hydrogen (secondary N) is 1. The van der Waals surface area contributed by atoms with Gasteiger partial charge >= 0.3 is 0 Å². The zero-order valence-corrected chi connectivity index (χ0v) is 17.3. The second kappa shape index (κ2) is 8.44. The molecule has 6 nitrogen and oxygen atoms in total. The molecular formula is C23H26FN3O3. The molecule has 1 fully saturated rings. The highest BCUT2D eigenvalue weighted by molar-refractivity contribution is 6.06. The van der Waals surface area contributed by atoms with Gasteiger partial charge in [-0.2, -0.15) is 0 Å². The number of halogens is 1. The summed E-state index contributed by atoms with van der Waals surface area (Å²) in [5.41, 5.74) is 1.77. The van der Waals surface area contributed by atoms with Crippen LogP contribution in [-0.4, -0.2) is 48.2 Å². The lowest BCUT2D eigenvalue weighted by Gasteiger charge is -2.36. The van der Waals surface area contributed by atoms with Crippen molar-refractivity contribution in [3.05, 3.63) is 59.6 Å². The Morgan fingerprint density at radius 2 is 2.10 bits per heavy atom. The van der Waals surface area contributed by atoms with Crippen LogP contribution in [0, 0.1) is 6.92 Å². The number of rotatable bonds is 6. The highest BCUT2D eigenvalue weighted by Gasteiger charge is 2.36. The second-order valence-electron chi connectivity index (χ2n) is 7.88. The number of nitrogens with zero attached hydrogens (tertiary/aromatic N) is 2. The number of aryl methyl sites for hydroxylation is 1. The Kier molecular flexibility index (Phi) is 5.72. The normalized spacial score (nSPS) is 16.0. The van der Waals surface area contributed by atoms with Crippen LogP contribution in [0.5, 0.6) is 5.75 Å². The molecule has 1 aliphatic heterocycles. The minimum atomic E-state index is -1.33. The number of furan rings is 1. The first kappa shape index (κ1) is 20.3. The van der Waals surface area contributed by atoms with Gasteiger partial charge in [-0.05, 0) is 36.8 Å². The van der Waals surface area contributed by atoms with Crippen molar-refractivity contribution in [2.45, 2.75) is 32.0 Å². The van der Waals surface area contributed by atoms with E-state index in [1.165, 1.54) is 6.26 Å². The third-order valence-electron chi connectivity index (χ3n) is 5.68. The molecule has 3 heterocycles. The topological polar surface area (TPSA) is 67.6 Å². The number of aromatic nitrogens is 1. The maximum atomic E-state index is 15.2. The van der Waals surface area contributed by atoms with E-state index in [4.69, 9.17) is 9.15 Å². The van der Waals surface area contributed by atoms with E-state index in [9.17, 15) is 4.79 Å². The van der Waals surface area contributed by atoms with Crippen LogP contribution in [0.25, 0.3) is 11.0 Å². The second-order valence-corrected chi connectivity index (χ2v) is 7.88. The Morgan fingerprint density at radius 3 is 2.80 bits per heavy atom. The molecule has 1 aliphatic rings. The molecule has 1 saturated heterocycles. The number of carbonyl (C=O) groups excluding carboxylic acids is 1. The molecule has 4 rings (SSSR count). The fourth-order valence-electron chi connectivity index (χ4n) is 3.78. The van der Waals surface area contributed by atoms with E-state index in [2.05, 4.69) is 10.3 Å². The van der Waals surface area contributed by atoms with Gasteiger partial charge in [0.05, 0.1) is 18.4 Å². The first-order chi connectivity index (χ1) is 14.5. The van der Waals surface area contributed by atoms with Gasteiger partial charge in [0.1, 0.15) is 23.3 Å². The van der Waals surface area contributed by atoms with Crippen LogP contribution < -0.4 is 10.1 Å². The van der Waals surface area contributed by atoms with Gasteiger partial charge in [0.2, 0.25) is 0 Å². The molecule has 0 saturated carbocycles. The highest BCUT2D eigenvalue weighted by atomic mass is 19.1. The van der Waals surface area contributed by atoms with Crippen LogP contribution >= 0.6 is 0 Å². The number of methoxy groups -OCH3 is 1. The minimum absolute atomic E-state index is 0.138. The third kappa shape index (κ3) is 4.31. The summed E-state index contributed by atoms with van der Waals surface area (Å²) in [7, 11) is 1.58. The van der Waals surface area contributed by atoms with E-state index in [0.717, 1.165) is 11.3 Å². The fourth-order valence-corrected chi connectivity index (χ4v) is 3.78. The number of ether oxygens (including phenoxy) is 1. The van der Waals surface area contributed by atoms with Gasteiger partial charge in [0.15, 0.2) is 0 Å². The van der Waals surface area contributed by atoms with Crippen molar-refractivity contribution in [1.29, 1.82) is 0 Å². The number of hydrogen-bond acceptors (Lipinski definition) is 5. The highest BCUT2D eigenvalue weighted by Crippen LogP contribution is 2.30. The Bertz CT molecular complexity index is 1020. The molecule has 7 heteroatoms. The van der Waals surface area contributed by atoms with Crippen LogP contribution in [0.15, 0.2) is 47.2 Å². The van der Waals surface area contributed by atoms with Gasteiger partial charge in [-0.15, -0.1) is 0 Å². The van der Waals surface area contributed by atoms with Gasteiger partial charge < -0.3 is 19.4 Å². The molecular weight excluding hydrogens is 385 g/mol. The summed E-state index contributed by atoms with van der Waals surface area (Å²) >= 11 is 0. The van der Waals surface area contributed by atoms with Crippen LogP contribution in [0.4, 0.5) is 4.39 Å². The molecule has 0 atom stereocenters. The summed E-state index contributed by atoms with van der Waals surface area (Å²) in [6.45, 7) is 3.50. The van der Waals surface area contributed by atoms with Crippen LogP contribution in [0.1, 0.15) is 34.5 Å². The van der Waals surface area contributed by atoms with Crippen molar-refractivity contribution in [3.8, 4) is 5.75 Å². The Labute approximate surface area is 175 Å². The average molecular weight is 411 g/mol. The molecule has 1 amide bonds. The SMILES string of the molecule is COc1ccc2occ(C(=O)N3CCC(F)(CNCc4ccc(C)cn4)CC3)c2c1. The quantitative estimate of drug-likeness (QED) is 0.667. The molecule has 0 aliphatic carbocycles. The molecule has 30 heavy (non-hydrogen) atoms. The molecule has 1 N–H and O–H groups in total. The number of piperidine rings is 1. The zero-order chi connectivity index (χ0) is 21.1. The summed E-state index contributed by atoms with van der Waals surface area (Å²) in [5, 5.41) is 3.88. The number of alkyl halides is 1. The fraction of sp³-hybridized carbons (Fsp3) is 0.391. The number of benzene rings is 1. The van der Waals surface area contributed by atoms with Crippen LogP contribution in [0.3, 0.4) is 0 Å². The number of amides is 1. The molecule has 3 aromatic rings. The Balaban J connectivity index is 1.34. The largest absolute Gasteiger partial charge is 0.497 e. The lowest BCUT2D eigenvalue weighted by atomic mass is 9.92. The van der Waals surface area contributed by atoms with E-state index in [-0.39, 0.29) is 12.5 Å². The molecule has 2 aromatic heterocycles. The van der Waals surface area contributed by atoms with Crippen molar-refractivity contribution in [2.24, 2.45) is 0 Å². The molecule has 0 spiro atoms. The van der Waals surface area contributed by atoms with Gasteiger partial charge in [-0.1, -0.05) is 6.07 Å². The van der Waals surface area contributed by atoms with Crippen molar-refractivity contribution < 1.29 is 18.3 Å². The van der Waals surface area contributed by atoms with Gasteiger partial charge in [0, 0.05) is 50.6 Å². The van der Waals surface area contributed by atoms with Crippen molar-refractivity contribution in [1.82, 2.24) is 15.2 Å². The number of pyridine rings is 1. The van der Waals surface area contributed by atoms with Gasteiger partial charge in [-0.25, -0.2) is 4.39 Å². The zero-order valence-electron chi connectivity index (χ0n) is 17.3. The Morgan fingerprint density at radius 1 is 1.30 bits per heavy atom. The minimum Gasteiger partial charge on any atom is -0.497 e. The number of fused-ring (bicyclic) bond motifs is 1. The summed E-state index contributed by atoms with van der Waals surface area (Å²) in [6.07, 6.45) is 3.87. The molecule has 0 bridgehead atoms. The lowest BCUT2D eigenvalue weighted by molar-refractivity contribution is 0.0435. The smallest absolute Gasteiger partial charge is 0.257 e. The monoisotopic (exact) mass is 411 g/mol. The number of carbonyl (C=O) groups is 1. The van der Waals surface area contributed by atoms with Crippen molar-refractivity contribution >= 4 is 16.9 Å². The summed E-state index contributed by atoms with van der Waals surface area (Å²) in [5.74, 6) is 0.523. The molecule has 158 valence electrons. The van der Waals surface area contributed by atoms with E-state index in [0.29, 0.717) is 54.8 Å². The standard InChI is InChI=1S/C23H26FN3O3/c1-16-3-4-17(26-12-16)13-25-15-23(24)7-9-27(10-8-23)22(28)20-14-30-21-6-5-18(29-2)11-19(20)21/h3-6,11-12,14,25H,7-10,13,15H2,1-2H3. The van der Waals surface area contributed by atoms with Crippen molar-refractivity contribution in [3.63, 3.8) is 0 Å². The Hall–Kier alpha value is -2.93. The molecule has 0 unspecified atom stereocenters. The summed E-state index contributed by atoms with van der Waals surface area (Å²) < 4.78 is 26.0.